The molecule has 0 aromatic heterocycles. The van der Waals surface area contributed by atoms with Crippen LogP contribution >= 0.6 is 0 Å². The Morgan fingerprint density at radius 2 is 2.12 bits per heavy atom. The van der Waals surface area contributed by atoms with Crippen molar-refractivity contribution in [1.82, 2.24) is 10.2 Å². The lowest BCUT2D eigenvalue weighted by Crippen LogP contribution is -2.44. The molecular formula is C13H28N2O. The third kappa shape index (κ3) is 4.40. The Hall–Kier alpha value is -0.120. The summed E-state index contributed by atoms with van der Waals surface area (Å²) in [5.41, 5.74) is 0. The summed E-state index contributed by atoms with van der Waals surface area (Å²) in [7, 11) is 1.79. The van der Waals surface area contributed by atoms with Crippen LogP contribution in [-0.4, -0.2) is 50.3 Å². The van der Waals surface area contributed by atoms with E-state index in [1.54, 1.807) is 7.11 Å². The van der Waals surface area contributed by atoms with Crippen molar-refractivity contribution in [3.05, 3.63) is 0 Å². The van der Waals surface area contributed by atoms with E-state index < -0.39 is 0 Å². The Bertz CT molecular complexity index is 165. The highest BCUT2D eigenvalue weighted by Gasteiger charge is 2.21. The summed E-state index contributed by atoms with van der Waals surface area (Å²) in [5, 5.41) is 3.58. The molecule has 0 aromatic carbocycles. The first-order valence-corrected chi connectivity index (χ1v) is 6.78. The molecule has 3 heteroatoms. The second-order valence-corrected chi connectivity index (χ2v) is 4.75. The SMILES string of the molecule is CCC(CC)N(CCOC)C[C@H]1CCCN1. The number of ether oxygens (including phenoxy) is 1. The Labute approximate surface area is 101 Å². The summed E-state index contributed by atoms with van der Waals surface area (Å²) in [6.45, 7) is 8.89. The molecule has 1 heterocycles. The third-order valence-electron chi connectivity index (χ3n) is 3.66. The van der Waals surface area contributed by atoms with Crippen LogP contribution in [0.2, 0.25) is 0 Å². The first-order valence-electron chi connectivity index (χ1n) is 6.78. The molecule has 1 atom stereocenters. The zero-order chi connectivity index (χ0) is 11.8. The molecule has 3 nitrogen and oxygen atoms in total. The van der Waals surface area contributed by atoms with E-state index in [1.807, 2.05) is 0 Å². The van der Waals surface area contributed by atoms with E-state index in [2.05, 4.69) is 24.1 Å². The Morgan fingerprint density at radius 3 is 2.62 bits per heavy atom. The first kappa shape index (κ1) is 13.9. The third-order valence-corrected chi connectivity index (χ3v) is 3.66. The zero-order valence-electron chi connectivity index (χ0n) is 11.2. The second kappa shape index (κ2) is 8.04. The van der Waals surface area contributed by atoms with Crippen molar-refractivity contribution in [2.24, 2.45) is 0 Å². The van der Waals surface area contributed by atoms with Gasteiger partial charge in [-0.2, -0.15) is 0 Å². The van der Waals surface area contributed by atoms with Gasteiger partial charge in [0.15, 0.2) is 0 Å². The van der Waals surface area contributed by atoms with Gasteiger partial charge in [-0.05, 0) is 32.2 Å². The van der Waals surface area contributed by atoms with Gasteiger partial charge in [0.2, 0.25) is 0 Å². The minimum atomic E-state index is 0.706. The fourth-order valence-electron chi connectivity index (χ4n) is 2.63. The summed E-state index contributed by atoms with van der Waals surface area (Å²) in [6.07, 6.45) is 5.16. The van der Waals surface area contributed by atoms with Crippen LogP contribution in [-0.2, 0) is 4.74 Å². The number of nitrogens with zero attached hydrogens (tertiary/aromatic N) is 1. The van der Waals surface area contributed by atoms with Gasteiger partial charge in [0.05, 0.1) is 6.61 Å². The van der Waals surface area contributed by atoms with Crippen molar-refractivity contribution in [3.8, 4) is 0 Å². The molecule has 0 spiro atoms. The fraction of sp³-hybridized carbons (Fsp3) is 1.00. The van der Waals surface area contributed by atoms with Gasteiger partial charge in [-0.25, -0.2) is 0 Å². The number of methoxy groups -OCH3 is 1. The highest BCUT2D eigenvalue weighted by Crippen LogP contribution is 2.13. The number of hydrogen-bond donors (Lipinski definition) is 1. The predicted octanol–water partition coefficient (Wildman–Crippen LogP) is 1.88. The van der Waals surface area contributed by atoms with E-state index >= 15 is 0 Å². The quantitative estimate of drug-likeness (QED) is 0.686. The average molecular weight is 228 g/mol. The van der Waals surface area contributed by atoms with Gasteiger partial charge in [-0.15, -0.1) is 0 Å². The lowest BCUT2D eigenvalue weighted by Gasteiger charge is -2.32. The van der Waals surface area contributed by atoms with Gasteiger partial charge in [-0.3, -0.25) is 4.90 Å². The number of rotatable bonds is 8. The molecule has 0 aromatic rings. The molecule has 0 radical (unpaired) electrons. The van der Waals surface area contributed by atoms with Crippen molar-refractivity contribution >= 4 is 0 Å². The fourth-order valence-corrected chi connectivity index (χ4v) is 2.63. The minimum absolute atomic E-state index is 0.706. The maximum absolute atomic E-state index is 5.21. The van der Waals surface area contributed by atoms with Crippen LogP contribution in [0.1, 0.15) is 39.5 Å². The summed E-state index contributed by atoms with van der Waals surface area (Å²) in [6, 6.07) is 1.43. The minimum Gasteiger partial charge on any atom is -0.383 e. The van der Waals surface area contributed by atoms with Crippen molar-refractivity contribution in [3.63, 3.8) is 0 Å². The van der Waals surface area contributed by atoms with Gasteiger partial charge in [0.1, 0.15) is 0 Å². The van der Waals surface area contributed by atoms with E-state index in [9.17, 15) is 0 Å². The van der Waals surface area contributed by atoms with Gasteiger partial charge < -0.3 is 10.1 Å². The predicted molar refractivity (Wildman–Crippen MR) is 68.8 cm³/mol. The van der Waals surface area contributed by atoms with Crippen LogP contribution in [0.25, 0.3) is 0 Å². The summed E-state index contributed by atoms with van der Waals surface area (Å²) < 4.78 is 5.21. The van der Waals surface area contributed by atoms with E-state index in [0.717, 1.165) is 19.2 Å². The van der Waals surface area contributed by atoms with Crippen molar-refractivity contribution in [2.75, 3.05) is 33.4 Å². The van der Waals surface area contributed by atoms with E-state index in [1.165, 1.54) is 38.8 Å². The number of hydrogen-bond acceptors (Lipinski definition) is 3. The van der Waals surface area contributed by atoms with Crippen LogP contribution in [0, 0.1) is 0 Å². The molecule has 0 bridgehead atoms. The van der Waals surface area contributed by atoms with Crippen LogP contribution in [0.4, 0.5) is 0 Å². The number of nitrogens with one attached hydrogen (secondary N) is 1. The lowest BCUT2D eigenvalue weighted by molar-refractivity contribution is 0.108. The van der Waals surface area contributed by atoms with Crippen molar-refractivity contribution in [2.45, 2.75) is 51.6 Å². The van der Waals surface area contributed by atoms with Crippen LogP contribution < -0.4 is 5.32 Å². The average Bonchev–Trinajstić information content (AvgIpc) is 2.80. The summed E-state index contributed by atoms with van der Waals surface area (Å²) in [5.74, 6) is 0. The molecule has 0 amide bonds. The first-order chi connectivity index (χ1) is 7.81. The topological polar surface area (TPSA) is 24.5 Å². The normalized spacial score (nSPS) is 21.2. The Balaban J connectivity index is 2.40. The molecule has 0 unspecified atom stereocenters. The maximum atomic E-state index is 5.21. The van der Waals surface area contributed by atoms with Crippen LogP contribution in [0.5, 0.6) is 0 Å². The van der Waals surface area contributed by atoms with Gasteiger partial charge in [0, 0.05) is 32.3 Å². The molecule has 96 valence electrons. The molecule has 1 rings (SSSR count). The molecule has 0 saturated carbocycles. The van der Waals surface area contributed by atoms with Gasteiger partial charge in [0.25, 0.3) is 0 Å². The molecule has 0 aliphatic carbocycles. The molecule has 1 N–H and O–H groups in total. The monoisotopic (exact) mass is 228 g/mol. The molecule has 16 heavy (non-hydrogen) atoms. The molecule has 1 fully saturated rings. The van der Waals surface area contributed by atoms with Gasteiger partial charge in [-0.1, -0.05) is 13.8 Å². The highest BCUT2D eigenvalue weighted by atomic mass is 16.5. The van der Waals surface area contributed by atoms with E-state index in [0.29, 0.717) is 6.04 Å². The molecular weight excluding hydrogens is 200 g/mol. The summed E-state index contributed by atoms with van der Waals surface area (Å²) in [4.78, 5) is 2.60. The molecule has 1 aliphatic rings. The highest BCUT2D eigenvalue weighted by molar-refractivity contribution is 4.80. The Morgan fingerprint density at radius 1 is 1.38 bits per heavy atom. The summed E-state index contributed by atoms with van der Waals surface area (Å²) >= 11 is 0. The van der Waals surface area contributed by atoms with Crippen LogP contribution in [0.3, 0.4) is 0 Å². The smallest absolute Gasteiger partial charge is 0.0589 e. The van der Waals surface area contributed by atoms with Crippen molar-refractivity contribution < 1.29 is 4.74 Å². The zero-order valence-corrected chi connectivity index (χ0v) is 11.2. The Kier molecular flexibility index (Phi) is 7.01. The van der Waals surface area contributed by atoms with Crippen molar-refractivity contribution in [1.29, 1.82) is 0 Å². The molecule has 1 aliphatic heterocycles. The maximum Gasteiger partial charge on any atom is 0.0589 e. The van der Waals surface area contributed by atoms with Crippen LogP contribution in [0.15, 0.2) is 0 Å². The largest absolute Gasteiger partial charge is 0.383 e. The van der Waals surface area contributed by atoms with E-state index in [-0.39, 0.29) is 0 Å². The lowest BCUT2D eigenvalue weighted by atomic mass is 10.1. The standard InChI is InChI=1S/C13H28N2O/c1-4-13(5-2)15(9-10-16-3)11-12-7-6-8-14-12/h12-14H,4-11H2,1-3H3/t12-/m1/s1. The van der Waals surface area contributed by atoms with Gasteiger partial charge >= 0.3 is 0 Å². The molecule has 1 saturated heterocycles. The second-order valence-electron chi connectivity index (χ2n) is 4.75. The van der Waals surface area contributed by atoms with E-state index in [4.69, 9.17) is 4.74 Å².